The smallest absolute Gasteiger partial charge is 0.252 e. The number of hydrogen-bond donors (Lipinski definition) is 1. The molecule has 0 aliphatic carbocycles. The van der Waals surface area contributed by atoms with Gasteiger partial charge in [0.1, 0.15) is 5.75 Å². The van der Waals surface area contributed by atoms with Crippen molar-refractivity contribution >= 4 is 21.8 Å². The molecule has 1 amide bonds. The van der Waals surface area contributed by atoms with Crippen LogP contribution in [0.25, 0.3) is 0 Å². The lowest BCUT2D eigenvalue weighted by Crippen LogP contribution is -2.23. The fourth-order valence-corrected chi connectivity index (χ4v) is 2.24. The minimum absolute atomic E-state index is 0.166. The highest BCUT2D eigenvalue weighted by Gasteiger charge is 2.07. The molecule has 0 fully saturated rings. The molecule has 0 heterocycles. The van der Waals surface area contributed by atoms with Crippen LogP contribution < -0.4 is 10.1 Å². The van der Waals surface area contributed by atoms with Crippen molar-refractivity contribution in [2.75, 3.05) is 13.7 Å². The Hall–Kier alpha value is -2.25. The third-order valence-corrected chi connectivity index (χ3v) is 3.38. The van der Waals surface area contributed by atoms with E-state index in [1.54, 1.807) is 25.3 Å². The van der Waals surface area contributed by atoms with Crippen molar-refractivity contribution in [3.8, 4) is 17.6 Å². The maximum atomic E-state index is 12.0. The molecule has 1 N–H and O–H groups in total. The molecule has 2 aromatic rings. The Morgan fingerprint density at radius 2 is 2.00 bits per heavy atom. The van der Waals surface area contributed by atoms with Gasteiger partial charge < -0.3 is 10.1 Å². The summed E-state index contributed by atoms with van der Waals surface area (Å²) in [6, 6.07) is 14.8. The summed E-state index contributed by atoms with van der Waals surface area (Å²) in [6.45, 7) is 0.303. The van der Waals surface area contributed by atoms with Crippen LogP contribution in [-0.2, 0) is 0 Å². The van der Waals surface area contributed by atoms with E-state index in [1.165, 1.54) is 0 Å². The summed E-state index contributed by atoms with van der Waals surface area (Å²) in [7, 11) is 1.58. The monoisotopic (exact) mass is 343 g/mol. The number of hydrogen-bond acceptors (Lipinski definition) is 2. The maximum Gasteiger partial charge on any atom is 0.252 e. The van der Waals surface area contributed by atoms with Gasteiger partial charge in [-0.1, -0.05) is 30.0 Å². The third kappa shape index (κ3) is 4.37. The first-order valence-electron chi connectivity index (χ1n) is 6.36. The Morgan fingerprint density at radius 3 is 2.67 bits per heavy atom. The van der Waals surface area contributed by atoms with E-state index in [9.17, 15) is 4.79 Å². The van der Waals surface area contributed by atoms with Gasteiger partial charge >= 0.3 is 0 Å². The van der Waals surface area contributed by atoms with E-state index in [0.29, 0.717) is 17.9 Å². The number of carbonyl (C=O) groups excluding carboxylic acids is 1. The van der Waals surface area contributed by atoms with Crippen molar-refractivity contribution in [3.05, 3.63) is 64.1 Å². The first-order valence-corrected chi connectivity index (χ1v) is 7.15. The van der Waals surface area contributed by atoms with E-state index in [4.69, 9.17) is 4.74 Å². The summed E-state index contributed by atoms with van der Waals surface area (Å²) in [5.74, 6) is 6.43. The molecule has 106 valence electrons. The highest BCUT2D eigenvalue weighted by Crippen LogP contribution is 2.25. The van der Waals surface area contributed by atoms with Crippen molar-refractivity contribution in [2.24, 2.45) is 0 Å². The fourth-order valence-electron chi connectivity index (χ4n) is 1.70. The van der Waals surface area contributed by atoms with Crippen LogP contribution in [0.15, 0.2) is 53.0 Å². The van der Waals surface area contributed by atoms with Gasteiger partial charge in [0.05, 0.1) is 18.1 Å². The van der Waals surface area contributed by atoms with E-state index in [-0.39, 0.29) is 5.91 Å². The first-order chi connectivity index (χ1) is 10.2. The molecule has 0 saturated carbocycles. The third-order valence-electron chi connectivity index (χ3n) is 2.76. The topological polar surface area (TPSA) is 38.3 Å². The number of halogens is 1. The van der Waals surface area contributed by atoms with Crippen molar-refractivity contribution < 1.29 is 9.53 Å². The second kappa shape index (κ2) is 7.51. The number of amides is 1. The van der Waals surface area contributed by atoms with Crippen LogP contribution in [0, 0.1) is 11.8 Å². The lowest BCUT2D eigenvalue weighted by Gasteiger charge is -2.05. The Balaban J connectivity index is 1.93. The van der Waals surface area contributed by atoms with Crippen LogP contribution in [0.5, 0.6) is 5.75 Å². The summed E-state index contributed by atoms with van der Waals surface area (Å²) in [5, 5.41) is 2.76. The summed E-state index contributed by atoms with van der Waals surface area (Å²) in [6.07, 6.45) is 0. The van der Waals surface area contributed by atoms with Crippen LogP contribution >= 0.6 is 15.9 Å². The molecule has 2 rings (SSSR count). The Kier molecular flexibility index (Phi) is 5.42. The Labute approximate surface area is 132 Å². The zero-order valence-electron chi connectivity index (χ0n) is 11.5. The number of ether oxygens (including phenoxy) is 1. The number of carbonyl (C=O) groups is 1. The molecule has 4 heteroatoms. The molecular formula is C17H14BrNO2. The van der Waals surface area contributed by atoms with Crippen LogP contribution in [-0.4, -0.2) is 19.6 Å². The van der Waals surface area contributed by atoms with Gasteiger partial charge in [-0.25, -0.2) is 0 Å². The number of nitrogens with one attached hydrogen (secondary N) is 1. The first kappa shape index (κ1) is 15.1. The second-order valence-electron chi connectivity index (χ2n) is 4.20. The highest BCUT2D eigenvalue weighted by molar-refractivity contribution is 9.10. The van der Waals surface area contributed by atoms with Gasteiger partial charge in [-0.2, -0.15) is 0 Å². The molecular weight excluding hydrogens is 330 g/mol. The SMILES string of the molecule is COc1ccc(C(=O)NCC#Cc2ccccc2)cc1Br. The van der Waals surface area contributed by atoms with Gasteiger partial charge in [0.2, 0.25) is 0 Å². The largest absolute Gasteiger partial charge is 0.496 e. The molecule has 2 aromatic carbocycles. The van der Waals surface area contributed by atoms with E-state index < -0.39 is 0 Å². The number of methoxy groups -OCH3 is 1. The molecule has 21 heavy (non-hydrogen) atoms. The van der Waals surface area contributed by atoms with Gasteiger partial charge in [-0.15, -0.1) is 0 Å². The Morgan fingerprint density at radius 1 is 1.24 bits per heavy atom. The van der Waals surface area contributed by atoms with Crippen molar-refractivity contribution in [3.63, 3.8) is 0 Å². The highest BCUT2D eigenvalue weighted by atomic mass is 79.9. The fraction of sp³-hybridized carbons (Fsp3) is 0.118. The minimum atomic E-state index is -0.166. The van der Waals surface area contributed by atoms with Crippen LogP contribution in [0.4, 0.5) is 0 Å². The van der Waals surface area contributed by atoms with E-state index >= 15 is 0 Å². The van der Waals surface area contributed by atoms with Gasteiger partial charge in [0.25, 0.3) is 5.91 Å². The predicted octanol–water partition coefficient (Wildman–Crippen LogP) is 3.24. The zero-order chi connectivity index (χ0) is 15.1. The van der Waals surface area contributed by atoms with Crippen LogP contribution in [0.3, 0.4) is 0 Å². The molecule has 0 spiro atoms. The molecule has 0 saturated heterocycles. The Bertz CT molecular complexity index is 687. The molecule has 0 radical (unpaired) electrons. The van der Waals surface area contributed by atoms with Gasteiger partial charge in [0, 0.05) is 11.1 Å². The summed E-state index contributed by atoms with van der Waals surface area (Å²) in [4.78, 5) is 12.0. The van der Waals surface area contributed by atoms with Gasteiger partial charge in [-0.3, -0.25) is 4.79 Å². The summed E-state index contributed by atoms with van der Waals surface area (Å²) < 4.78 is 5.87. The van der Waals surface area contributed by atoms with Gasteiger partial charge in [0.15, 0.2) is 0 Å². The normalized spacial score (nSPS) is 9.43. The van der Waals surface area contributed by atoms with E-state index in [2.05, 4.69) is 33.1 Å². The van der Waals surface area contributed by atoms with Crippen molar-refractivity contribution in [2.45, 2.75) is 0 Å². The van der Waals surface area contributed by atoms with Crippen molar-refractivity contribution in [1.82, 2.24) is 5.32 Å². The zero-order valence-corrected chi connectivity index (χ0v) is 13.1. The number of rotatable bonds is 3. The van der Waals surface area contributed by atoms with Crippen molar-refractivity contribution in [1.29, 1.82) is 0 Å². The molecule has 0 aliphatic heterocycles. The van der Waals surface area contributed by atoms with Crippen LogP contribution in [0.2, 0.25) is 0 Å². The van der Waals surface area contributed by atoms with Gasteiger partial charge in [-0.05, 0) is 46.3 Å². The molecule has 0 aromatic heterocycles. The lowest BCUT2D eigenvalue weighted by molar-refractivity contribution is 0.0958. The second-order valence-corrected chi connectivity index (χ2v) is 5.05. The number of benzene rings is 2. The minimum Gasteiger partial charge on any atom is -0.496 e. The molecule has 0 unspecified atom stereocenters. The average molecular weight is 344 g/mol. The molecule has 0 aliphatic rings. The molecule has 3 nitrogen and oxygen atoms in total. The maximum absolute atomic E-state index is 12.0. The predicted molar refractivity (Wildman–Crippen MR) is 86.3 cm³/mol. The molecule has 0 bridgehead atoms. The summed E-state index contributed by atoms with van der Waals surface area (Å²) >= 11 is 3.36. The van der Waals surface area contributed by atoms with E-state index in [0.717, 1.165) is 10.0 Å². The van der Waals surface area contributed by atoms with Crippen LogP contribution in [0.1, 0.15) is 15.9 Å². The molecule has 0 atom stereocenters. The van der Waals surface area contributed by atoms with E-state index in [1.807, 2.05) is 30.3 Å². The summed E-state index contributed by atoms with van der Waals surface area (Å²) in [5.41, 5.74) is 1.49. The average Bonchev–Trinajstić information content (AvgIpc) is 2.52. The standard InChI is InChI=1S/C17H14BrNO2/c1-21-16-10-9-14(12-15(16)18)17(20)19-11-5-8-13-6-3-2-4-7-13/h2-4,6-7,9-10,12H,11H2,1H3,(H,19,20). The lowest BCUT2D eigenvalue weighted by atomic mass is 10.2. The quantitative estimate of drug-likeness (QED) is 0.869.